The minimum Gasteiger partial charge on any atom is -0.373 e. The van der Waals surface area contributed by atoms with Gasteiger partial charge in [0.05, 0.1) is 13.1 Å². The van der Waals surface area contributed by atoms with Crippen LogP contribution in [0.4, 0.5) is 0 Å². The van der Waals surface area contributed by atoms with Crippen molar-refractivity contribution in [1.29, 1.82) is 0 Å². The topological polar surface area (TPSA) is 36.8 Å². The fourth-order valence-corrected chi connectivity index (χ4v) is 0.851. The number of aliphatic imine (C=N–C) groups is 2. The number of hydrogen-bond donors (Lipinski definition) is 1. The summed E-state index contributed by atoms with van der Waals surface area (Å²) in [6, 6.07) is 0. The van der Waals surface area contributed by atoms with Gasteiger partial charge in [0.25, 0.3) is 0 Å². The molecule has 0 bridgehead atoms. The molecular formula is C8H13N3. The van der Waals surface area contributed by atoms with Gasteiger partial charge in [0.1, 0.15) is 5.84 Å². The Bertz CT molecular complexity index is 192. The van der Waals surface area contributed by atoms with E-state index in [0.29, 0.717) is 6.54 Å². The number of nitrogens with one attached hydrogen (secondary N) is 1. The van der Waals surface area contributed by atoms with Gasteiger partial charge in [-0.3, -0.25) is 9.98 Å². The lowest BCUT2D eigenvalue weighted by Gasteiger charge is -2.04. The summed E-state index contributed by atoms with van der Waals surface area (Å²) in [6.07, 6.45) is 5.72. The Balaban J connectivity index is 2.50. The SMILES string of the molecule is CCN/C1=N/C/C=C\C=N/C1. The second kappa shape index (κ2) is 4.66. The zero-order chi connectivity index (χ0) is 7.94. The average molecular weight is 151 g/mol. The lowest BCUT2D eigenvalue weighted by molar-refractivity contribution is 0.931. The molecule has 0 aliphatic carbocycles. The number of amidine groups is 1. The molecule has 3 nitrogen and oxygen atoms in total. The minimum atomic E-state index is 0.679. The summed E-state index contributed by atoms with van der Waals surface area (Å²) in [4.78, 5) is 8.40. The molecule has 1 heterocycles. The largest absolute Gasteiger partial charge is 0.373 e. The van der Waals surface area contributed by atoms with Gasteiger partial charge in [-0.25, -0.2) is 0 Å². The van der Waals surface area contributed by atoms with Crippen molar-refractivity contribution in [2.75, 3.05) is 19.6 Å². The standard InChI is InChI=1S/C8H13N3/c1-2-10-8-7-9-5-3-4-6-11-8/h3-5H,2,6-7H2,1H3,(H,10,11)/b4-3-,9-5-. The van der Waals surface area contributed by atoms with E-state index in [9.17, 15) is 0 Å². The van der Waals surface area contributed by atoms with Crippen LogP contribution in [0.3, 0.4) is 0 Å². The molecule has 0 atom stereocenters. The third-order valence-electron chi connectivity index (χ3n) is 1.34. The summed E-state index contributed by atoms with van der Waals surface area (Å²) in [5.74, 6) is 0.980. The Labute approximate surface area is 66.9 Å². The molecule has 0 saturated heterocycles. The summed E-state index contributed by atoms with van der Waals surface area (Å²) in [7, 11) is 0. The quantitative estimate of drug-likeness (QED) is 0.586. The highest BCUT2D eigenvalue weighted by atomic mass is 15.0. The maximum atomic E-state index is 4.28. The van der Waals surface area contributed by atoms with Crippen LogP contribution in [0.2, 0.25) is 0 Å². The zero-order valence-corrected chi connectivity index (χ0v) is 6.75. The van der Waals surface area contributed by atoms with Crippen LogP contribution in [-0.2, 0) is 0 Å². The molecule has 1 aliphatic heterocycles. The molecular weight excluding hydrogens is 138 g/mol. The van der Waals surface area contributed by atoms with Gasteiger partial charge in [-0.1, -0.05) is 6.08 Å². The maximum absolute atomic E-state index is 4.28. The van der Waals surface area contributed by atoms with Crippen LogP contribution in [0.25, 0.3) is 0 Å². The van der Waals surface area contributed by atoms with E-state index in [2.05, 4.69) is 22.2 Å². The molecule has 1 aliphatic rings. The second-order valence-electron chi connectivity index (χ2n) is 2.24. The van der Waals surface area contributed by atoms with Crippen molar-refractivity contribution in [3.05, 3.63) is 12.2 Å². The molecule has 0 saturated carbocycles. The van der Waals surface area contributed by atoms with Crippen molar-refractivity contribution < 1.29 is 0 Å². The normalized spacial score (nSPS) is 27.5. The monoisotopic (exact) mass is 151 g/mol. The van der Waals surface area contributed by atoms with E-state index in [4.69, 9.17) is 0 Å². The second-order valence-corrected chi connectivity index (χ2v) is 2.24. The van der Waals surface area contributed by atoms with Crippen LogP contribution >= 0.6 is 0 Å². The molecule has 0 amide bonds. The number of rotatable bonds is 1. The van der Waals surface area contributed by atoms with Gasteiger partial charge < -0.3 is 5.32 Å². The van der Waals surface area contributed by atoms with E-state index in [1.807, 2.05) is 18.4 Å². The van der Waals surface area contributed by atoms with Crippen LogP contribution in [-0.4, -0.2) is 31.7 Å². The predicted octanol–water partition coefficient (Wildman–Crippen LogP) is 0.635. The highest BCUT2D eigenvalue weighted by molar-refractivity contribution is 5.86. The molecule has 1 rings (SSSR count). The summed E-state index contributed by atoms with van der Waals surface area (Å²) in [5, 5.41) is 3.15. The lowest BCUT2D eigenvalue weighted by atomic mass is 10.4. The van der Waals surface area contributed by atoms with Gasteiger partial charge in [0.15, 0.2) is 0 Å². The molecule has 3 heteroatoms. The molecule has 0 aromatic rings. The molecule has 60 valence electrons. The third kappa shape index (κ3) is 2.98. The first-order valence-corrected chi connectivity index (χ1v) is 3.85. The van der Waals surface area contributed by atoms with Gasteiger partial charge in [-0.15, -0.1) is 0 Å². The molecule has 1 N–H and O–H groups in total. The van der Waals surface area contributed by atoms with E-state index in [1.165, 1.54) is 0 Å². The number of hydrogen-bond acceptors (Lipinski definition) is 3. The van der Waals surface area contributed by atoms with Crippen LogP contribution < -0.4 is 5.32 Å². The van der Waals surface area contributed by atoms with Crippen molar-refractivity contribution >= 4 is 12.1 Å². The summed E-state index contributed by atoms with van der Waals surface area (Å²) >= 11 is 0. The first-order valence-electron chi connectivity index (χ1n) is 3.85. The van der Waals surface area contributed by atoms with Crippen LogP contribution in [0, 0.1) is 0 Å². The maximum Gasteiger partial charge on any atom is 0.118 e. The van der Waals surface area contributed by atoms with Gasteiger partial charge in [0, 0.05) is 12.8 Å². The molecule has 0 spiro atoms. The van der Waals surface area contributed by atoms with Gasteiger partial charge in [-0.2, -0.15) is 0 Å². The Hall–Kier alpha value is -1.12. The number of allylic oxidation sites excluding steroid dienone is 1. The molecule has 11 heavy (non-hydrogen) atoms. The van der Waals surface area contributed by atoms with Gasteiger partial charge in [-0.05, 0) is 13.0 Å². The summed E-state index contributed by atoms with van der Waals surface area (Å²) in [6.45, 7) is 4.41. The van der Waals surface area contributed by atoms with Gasteiger partial charge in [0.2, 0.25) is 0 Å². The summed E-state index contributed by atoms with van der Waals surface area (Å²) < 4.78 is 0. The van der Waals surface area contributed by atoms with E-state index >= 15 is 0 Å². The highest BCUT2D eigenvalue weighted by Crippen LogP contribution is 1.84. The number of nitrogens with zero attached hydrogens (tertiary/aromatic N) is 2. The Morgan fingerprint density at radius 3 is 3.36 bits per heavy atom. The predicted molar refractivity (Wildman–Crippen MR) is 48.5 cm³/mol. The molecule has 0 radical (unpaired) electrons. The van der Waals surface area contributed by atoms with Crippen molar-refractivity contribution in [3.63, 3.8) is 0 Å². The number of likely N-dealkylation sites (N-methyl/N-ethyl adjacent to an activating group) is 1. The van der Waals surface area contributed by atoms with Crippen molar-refractivity contribution in [2.24, 2.45) is 9.98 Å². The first kappa shape index (κ1) is 7.98. The van der Waals surface area contributed by atoms with E-state index in [-0.39, 0.29) is 0 Å². The smallest absolute Gasteiger partial charge is 0.118 e. The molecule has 0 fully saturated rings. The fourth-order valence-electron chi connectivity index (χ4n) is 0.851. The Kier molecular flexibility index (Phi) is 3.38. The van der Waals surface area contributed by atoms with Crippen molar-refractivity contribution in [3.8, 4) is 0 Å². The first-order chi connectivity index (χ1) is 5.43. The highest BCUT2D eigenvalue weighted by Gasteiger charge is 1.93. The molecule has 0 aromatic heterocycles. The average Bonchev–Trinajstić information content (AvgIpc) is 1.94. The molecule has 0 unspecified atom stereocenters. The van der Waals surface area contributed by atoms with Gasteiger partial charge >= 0.3 is 0 Å². The minimum absolute atomic E-state index is 0.679. The Morgan fingerprint density at radius 2 is 2.55 bits per heavy atom. The summed E-state index contributed by atoms with van der Waals surface area (Å²) in [5.41, 5.74) is 0. The van der Waals surface area contributed by atoms with E-state index < -0.39 is 0 Å². The van der Waals surface area contributed by atoms with Crippen LogP contribution in [0.1, 0.15) is 6.92 Å². The lowest BCUT2D eigenvalue weighted by Crippen LogP contribution is -2.26. The fraction of sp³-hybridized carbons (Fsp3) is 0.500. The third-order valence-corrected chi connectivity index (χ3v) is 1.34. The van der Waals surface area contributed by atoms with Crippen molar-refractivity contribution in [1.82, 2.24) is 5.32 Å². The zero-order valence-electron chi connectivity index (χ0n) is 6.75. The van der Waals surface area contributed by atoms with Crippen molar-refractivity contribution in [2.45, 2.75) is 6.92 Å². The van der Waals surface area contributed by atoms with E-state index in [0.717, 1.165) is 18.9 Å². The van der Waals surface area contributed by atoms with Crippen LogP contribution in [0.5, 0.6) is 0 Å². The van der Waals surface area contributed by atoms with E-state index in [1.54, 1.807) is 0 Å². The van der Waals surface area contributed by atoms with Crippen LogP contribution in [0.15, 0.2) is 22.1 Å². The Morgan fingerprint density at radius 1 is 1.64 bits per heavy atom. The molecule has 0 aromatic carbocycles.